The SMILES string of the molecule is CN(C)Cc1cscc1Sc1cccc(O)c1. The molecule has 1 N–H and O–H groups in total. The highest BCUT2D eigenvalue weighted by Crippen LogP contribution is 2.34. The van der Waals surface area contributed by atoms with E-state index in [1.807, 2.05) is 12.1 Å². The van der Waals surface area contributed by atoms with Crippen LogP contribution in [-0.2, 0) is 6.54 Å². The first-order valence-corrected chi connectivity index (χ1v) is 7.08. The van der Waals surface area contributed by atoms with Crippen LogP contribution in [0.4, 0.5) is 0 Å². The van der Waals surface area contributed by atoms with E-state index in [1.54, 1.807) is 35.2 Å². The number of thiophene rings is 1. The van der Waals surface area contributed by atoms with E-state index in [0.29, 0.717) is 5.75 Å². The number of phenolic OH excluding ortho intramolecular Hbond substituents is 1. The molecule has 4 heteroatoms. The number of hydrogen-bond donors (Lipinski definition) is 1. The van der Waals surface area contributed by atoms with Crippen LogP contribution in [0.2, 0.25) is 0 Å². The Morgan fingerprint density at radius 1 is 1.29 bits per heavy atom. The first kappa shape index (κ1) is 12.5. The molecule has 0 saturated heterocycles. The lowest BCUT2D eigenvalue weighted by Gasteiger charge is -2.10. The second kappa shape index (κ2) is 5.58. The number of aromatic hydroxyl groups is 1. The molecule has 0 spiro atoms. The van der Waals surface area contributed by atoms with E-state index in [4.69, 9.17) is 0 Å². The molecule has 2 rings (SSSR count). The fraction of sp³-hybridized carbons (Fsp3) is 0.231. The van der Waals surface area contributed by atoms with E-state index in [9.17, 15) is 5.11 Å². The molecule has 0 aliphatic rings. The minimum Gasteiger partial charge on any atom is -0.508 e. The van der Waals surface area contributed by atoms with Gasteiger partial charge in [-0.2, -0.15) is 11.3 Å². The van der Waals surface area contributed by atoms with Gasteiger partial charge in [0.05, 0.1) is 0 Å². The number of nitrogens with zero attached hydrogens (tertiary/aromatic N) is 1. The van der Waals surface area contributed by atoms with Crippen molar-refractivity contribution in [3.05, 3.63) is 40.6 Å². The van der Waals surface area contributed by atoms with Gasteiger partial charge in [0.25, 0.3) is 0 Å². The van der Waals surface area contributed by atoms with Gasteiger partial charge >= 0.3 is 0 Å². The van der Waals surface area contributed by atoms with Gasteiger partial charge in [-0.05, 0) is 43.2 Å². The second-order valence-corrected chi connectivity index (χ2v) is 5.96. The molecule has 0 fully saturated rings. The van der Waals surface area contributed by atoms with Crippen LogP contribution >= 0.6 is 23.1 Å². The Morgan fingerprint density at radius 3 is 2.82 bits per heavy atom. The summed E-state index contributed by atoms with van der Waals surface area (Å²) in [6.45, 7) is 0.949. The Balaban J connectivity index is 2.16. The molecule has 0 amide bonds. The summed E-state index contributed by atoms with van der Waals surface area (Å²) in [4.78, 5) is 4.51. The highest BCUT2D eigenvalue weighted by molar-refractivity contribution is 7.99. The Labute approximate surface area is 110 Å². The summed E-state index contributed by atoms with van der Waals surface area (Å²) in [7, 11) is 4.14. The van der Waals surface area contributed by atoms with E-state index in [1.165, 1.54) is 10.5 Å². The van der Waals surface area contributed by atoms with Crippen molar-refractivity contribution in [2.24, 2.45) is 0 Å². The molecule has 90 valence electrons. The van der Waals surface area contributed by atoms with Crippen molar-refractivity contribution in [1.82, 2.24) is 4.90 Å². The fourth-order valence-corrected chi connectivity index (χ4v) is 3.51. The van der Waals surface area contributed by atoms with Gasteiger partial charge in [-0.15, -0.1) is 0 Å². The van der Waals surface area contributed by atoms with Crippen molar-refractivity contribution in [2.45, 2.75) is 16.3 Å². The zero-order chi connectivity index (χ0) is 12.3. The summed E-state index contributed by atoms with van der Waals surface area (Å²) >= 11 is 3.42. The monoisotopic (exact) mass is 265 g/mol. The number of phenols is 1. The fourth-order valence-electron chi connectivity index (χ4n) is 1.53. The van der Waals surface area contributed by atoms with Crippen LogP contribution in [0.5, 0.6) is 5.75 Å². The summed E-state index contributed by atoms with van der Waals surface area (Å²) in [6.07, 6.45) is 0. The molecule has 0 aliphatic carbocycles. The zero-order valence-electron chi connectivity index (χ0n) is 9.88. The topological polar surface area (TPSA) is 23.5 Å². The first-order chi connectivity index (χ1) is 8.15. The minimum atomic E-state index is 0.319. The van der Waals surface area contributed by atoms with E-state index >= 15 is 0 Å². The molecule has 17 heavy (non-hydrogen) atoms. The average Bonchev–Trinajstić information content (AvgIpc) is 2.65. The molecule has 1 heterocycles. The normalized spacial score (nSPS) is 11.0. The maximum atomic E-state index is 9.44. The predicted octanol–water partition coefficient (Wildman–Crippen LogP) is 3.67. The van der Waals surface area contributed by atoms with Crippen molar-refractivity contribution in [2.75, 3.05) is 14.1 Å². The molecule has 0 unspecified atom stereocenters. The van der Waals surface area contributed by atoms with Crippen molar-refractivity contribution in [1.29, 1.82) is 0 Å². The van der Waals surface area contributed by atoms with Gasteiger partial charge in [0.15, 0.2) is 0 Å². The van der Waals surface area contributed by atoms with Crippen molar-refractivity contribution in [3.8, 4) is 5.75 Å². The lowest BCUT2D eigenvalue weighted by Crippen LogP contribution is -2.10. The smallest absolute Gasteiger partial charge is 0.116 e. The molecule has 2 nitrogen and oxygen atoms in total. The van der Waals surface area contributed by atoms with Crippen molar-refractivity contribution >= 4 is 23.1 Å². The first-order valence-electron chi connectivity index (χ1n) is 5.32. The molecule has 0 atom stereocenters. The average molecular weight is 265 g/mol. The maximum Gasteiger partial charge on any atom is 0.116 e. The highest BCUT2D eigenvalue weighted by atomic mass is 32.2. The van der Waals surface area contributed by atoms with E-state index in [-0.39, 0.29) is 0 Å². The summed E-state index contributed by atoms with van der Waals surface area (Å²) in [5, 5.41) is 13.8. The van der Waals surface area contributed by atoms with Crippen molar-refractivity contribution in [3.63, 3.8) is 0 Å². The largest absolute Gasteiger partial charge is 0.508 e. The van der Waals surface area contributed by atoms with Crippen molar-refractivity contribution < 1.29 is 5.11 Å². The Kier molecular flexibility index (Phi) is 4.10. The molecule has 0 saturated carbocycles. The van der Waals surface area contributed by atoms with Gasteiger partial charge in [-0.1, -0.05) is 17.8 Å². The third-order valence-electron chi connectivity index (χ3n) is 2.23. The van der Waals surface area contributed by atoms with Crippen LogP contribution in [0.3, 0.4) is 0 Å². The van der Waals surface area contributed by atoms with E-state index in [0.717, 1.165) is 11.4 Å². The van der Waals surface area contributed by atoms with Gasteiger partial charge in [0.1, 0.15) is 5.75 Å². The summed E-state index contributed by atoms with van der Waals surface area (Å²) in [6, 6.07) is 7.37. The second-order valence-electron chi connectivity index (χ2n) is 4.10. The van der Waals surface area contributed by atoms with Gasteiger partial charge in [0.2, 0.25) is 0 Å². The zero-order valence-corrected chi connectivity index (χ0v) is 11.5. The molecule has 2 aromatic rings. The van der Waals surface area contributed by atoms with Crippen LogP contribution in [0.25, 0.3) is 0 Å². The molecule has 0 aliphatic heterocycles. The van der Waals surface area contributed by atoms with Gasteiger partial charge < -0.3 is 10.0 Å². The van der Waals surface area contributed by atoms with Crippen LogP contribution in [-0.4, -0.2) is 24.1 Å². The van der Waals surface area contributed by atoms with E-state index in [2.05, 4.69) is 29.8 Å². The maximum absolute atomic E-state index is 9.44. The van der Waals surface area contributed by atoms with Gasteiger partial charge in [0, 0.05) is 21.7 Å². The predicted molar refractivity (Wildman–Crippen MR) is 73.9 cm³/mol. The molecular formula is C13H15NOS2. The molecule has 0 bridgehead atoms. The number of hydrogen-bond acceptors (Lipinski definition) is 4. The van der Waals surface area contributed by atoms with Crippen LogP contribution in [0, 0.1) is 0 Å². The van der Waals surface area contributed by atoms with E-state index < -0.39 is 0 Å². The van der Waals surface area contributed by atoms with Crippen LogP contribution in [0.15, 0.2) is 44.8 Å². The molecule has 0 radical (unpaired) electrons. The van der Waals surface area contributed by atoms with Crippen LogP contribution < -0.4 is 0 Å². The number of rotatable bonds is 4. The molecular weight excluding hydrogens is 250 g/mol. The molecule has 1 aromatic carbocycles. The number of benzene rings is 1. The lowest BCUT2D eigenvalue weighted by atomic mass is 10.3. The highest BCUT2D eigenvalue weighted by Gasteiger charge is 2.07. The summed E-state index contributed by atoms with van der Waals surface area (Å²) < 4.78 is 0. The third-order valence-corrected chi connectivity index (χ3v) is 4.27. The quantitative estimate of drug-likeness (QED) is 0.912. The Hall–Kier alpha value is -0.970. The van der Waals surface area contributed by atoms with Crippen LogP contribution in [0.1, 0.15) is 5.56 Å². The molecule has 1 aromatic heterocycles. The third kappa shape index (κ3) is 3.49. The standard InChI is InChI=1S/C13H15NOS2/c1-14(2)7-10-8-16-9-13(10)17-12-5-3-4-11(15)6-12/h3-6,8-9,15H,7H2,1-2H3. The Morgan fingerprint density at radius 2 is 2.12 bits per heavy atom. The lowest BCUT2D eigenvalue weighted by molar-refractivity contribution is 0.400. The summed E-state index contributed by atoms with van der Waals surface area (Å²) in [5.74, 6) is 0.319. The van der Waals surface area contributed by atoms with Gasteiger partial charge in [-0.3, -0.25) is 0 Å². The minimum absolute atomic E-state index is 0.319. The Bertz CT molecular complexity index is 494. The van der Waals surface area contributed by atoms with Gasteiger partial charge in [-0.25, -0.2) is 0 Å². The summed E-state index contributed by atoms with van der Waals surface area (Å²) in [5.41, 5.74) is 1.34.